The molecule has 0 unspecified atom stereocenters. The Labute approximate surface area is 82.2 Å². The minimum Gasteiger partial charge on any atom is -0.396 e. The molecule has 0 aliphatic heterocycles. The highest BCUT2D eigenvalue weighted by Gasteiger charge is 1.86. The number of rotatable bonds is 7. The zero-order valence-electron chi connectivity index (χ0n) is 8.92. The molecule has 0 radical (unpaired) electrons. The van der Waals surface area contributed by atoms with E-state index >= 15 is 0 Å². The summed E-state index contributed by atoms with van der Waals surface area (Å²) in [6.45, 7) is 4.66. The lowest BCUT2D eigenvalue weighted by molar-refractivity contribution is 0.289. The van der Waals surface area contributed by atoms with Crippen molar-refractivity contribution in [3.05, 3.63) is 23.8 Å². The third kappa shape index (κ3) is 9.35. The molecule has 1 nitrogen and oxygen atoms in total. The highest BCUT2D eigenvalue weighted by Crippen LogP contribution is 2.05. The molecule has 0 fully saturated rings. The quantitative estimate of drug-likeness (QED) is 0.472. The van der Waals surface area contributed by atoms with Gasteiger partial charge >= 0.3 is 0 Å². The second-order valence-corrected chi connectivity index (χ2v) is 3.33. The van der Waals surface area contributed by atoms with E-state index in [1.165, 1.54) is 12.0 Å². The Bertz CT molecular complexity index is 157. The van der Waals surface area contributed by atoms with Crippen LogP contribution in [-0.4, -0.2) is 11.7 Å². The number of aliphatic hydroxyl groups is 1. The molecular formula is C12H22O. The highest BCUT2D eigenvalue weighted by molar-refractivity contribution is 4.99. The molecule has 0 rings (SSSR count). The average Bonchev–Trinajstić information content (AvgIpc) is 2.11. The van der Waals surface area contributed by atoms with Crippen LogP contribution < -0.4 is 0 Å². The third-order valence-electron chi connectivity index (χ3n) is 1.95. The van der Waals surface area contributed by atoms with E-state index in [9.17, 15) is 0 Å². The first kappa shape index (κ1) is 12.4. The van der Waals surface area contributed by atoms with Gasteiger partial charge in [-0.2, -0.15) is 0 Å². The summed E-state index contributed by atoms with van der Waals surface area (Å²) in [5.74, 6) is 0. The standard InChI is InChI=1S/C12H22O/c1-3-9-12(2)10-7-5-4-6-8-11-13/h4-5,9,13H,3,6-8,10-11H2,1-2H3/b5-4+,12-9+. The van der Waals surface area contributed by atoms with Crippen LogP contribution in [0, 0.1) is 0 Å². The van der Waals surface area contributed by atoms with Gasteiger partial charge in [-0.1, -0.05) is 30.7 Å². The van der Waals surface area contributed by atoms with Crippen LogP contribution in [0.5, 0.6) is 0 Å². The first-order valence-electron chi connectivity index (χ1n) is 5.22. The molecule has 0 aromatic carbocycles. The monoisotopic (exact) mass is 182 g/mol. The van der Waals surface area contributed by atoms with E-state index in [0.717, 1.165) is 25.7 Å². The molecule has 0 aromatic rings. The Morgan fingerprint density at radius 1 is 1.23 bits per heavy atom. The Balaban J connectivity index is 3.33. The summed E-state index contributed by atoms with van der Waals surface area (Å²) in [6.07, 6.45) is 12.0. The fraction of sp³-hybridized carbons (Fsp3) is 0.667. The molecule has 0 amide bonds. The van der Waals surface area contributed by atoms with Crippen LogP contribution in [0.2, 0.25) is 0 Å². The molecule has 0 aliphatic carbocycles. The van der Waals surface area contributed by atoms with Gasteiger partial charge in [0.1, 0.15) is 0 Å². The normalized spacial score (nSPS) is 12.7. The molecule has 0 spiro atoms. The molecule has 0 heterocycles. The van der Waals surface area contributed by atoms with Crippen molar-refractivity contribution in [1.29, 1.82) is 0 Å². The number of hydrogen-bond donors (Lipinski definition) is 1. The number of hydrogen-bond acceptors (Lipinski definition) is 1. The SMILES string of the molecule is CC/C=C(\C)CC/C=C/CCCO. The summed E-state index contributed by atoms with van der Waals surface area (Å²) >= 11 is 0. The number of unbranched alkanes of at least 4 members (excludes halogenated alkanes) is 1. The maximum atomic E-state index is 8.54. The van der Waals surface area contributed by atoms with Crippen molar-refractivity contribution >= 4 is 0 Å². The van der Waals surface area contributed by atoms with Crippen molar-refractivity contribution in [2.45, 2.75) is 46.0 Å². The van der Waals surface area contributed by atoms with Gasteiger partial charge in [0, 0.05) is 6.61 Å². The van der Waals surface area contributed by atoms with E-state index in [2.05, 4.69) is 32.1 Å². The fourth-order valence-corrected chi connectivity index (χ4v) is 1.21. The third-order valence-corrected chi connectivity index (χ3v) is 1.95. The van der Waals surface area contributed by atoms with E-state index in [-0.39, 0.29) is 0 Å². The zero-order valence-corrected chi connectivity index (χ0v) is 8.92. The maximum absolute atomic E-state index is 8.54. The summed E-state index contributed by atoms with van der Waals surface area (Å²) in [5.41, 5.74) is 1.48. The molecule has 1 N–H and O–H groups in total. The van der Waals surface area contributed by atoms with Crippen molar-refractivity contribution < 1.29 is 5.11 Å². The van der Waals surface area contributed by atoms with E-state index < -0.39 is 0 Å². The number of aliphatic hydroxyl groups excluding tert-OH is 1. The molecule has 0 saturated carbocycles. The summed E-state index contributed by atoms with van der Waals surface area (Å²) < 4.78 is 0. The van der Waals surface area contributed by atoms with Crippen molar-refractivity contribution in [2.24, 2.45) is 0 Å². The molecule has 0 aliphatic rings. The van der Waals surface area contributed by atoms with Gasteiger partial charge in [-0.15, -0.1) is 0 Å². The van der Waals surface area contributed by atoms with Crippen molar-refractivity contribution in [3.63, 3.8) is 0 Å². The Kier molecular flexibility index (Phi) is 9.12. The Hall–Kier alpha value is -0.560. The second kappa shape index (κ2) is 9.53. The van der Waals surface area contributed by atoms with Gasteiger partial charge < -0.3 is 5.11 Å². The molecular weight excluding hydrogens is 160 g/mol. The summed E-state index contributed by atoms with van der Waals surface area (Å²) in [7, 11) is 0. The molecule has 0 atom stereocenters. The molecule has 0 aromatic heterocycles. The molecule has 0 saturated heterocycles. The minimum atomic E-state index is 0.305. The largest absolute Gasteiger partial charge is 0.396 e. The van der Waals surface area contributed by atoms with Crippen molar-refractivity contribution in [3.8, 4) is 0 Å². The van der Waals surface area contributed by atoms with Crippen LogP contribution in [-0.2, 0) is 0 Å². The van der Waals surface area contributed by atoms with Crippen LogP contribution in [0.15, 0.2) is 23.8 Å². The van der Waals surface area contributed by atoms with Crippen molar-refractivity contribution in [2.75, 3.05) is 6.61 Å². The van der Waals surface area contributed by atoms with Crippen LogP contribution in [0.25, 0.3) is 0 Å². The lowest BCUT2D eigenvalue weighted by atomic mass is 10.1. The van der Waals surface area contributed by atoms with E-state index in [1.54, 1.807) is 0 Å². The van der Waals surface area contributed by atoms with E-state index in [0.29, 0.717) is 6.61 Å². The molecule has 76 valence electrons. The molecule has 1 heteroatoms. The van der Waals surface area contributed by atoms with Gasteiger partial charge in [0.05, 0.1) is 0 Å². The zero-order chi connectivity index (χ0) is 9.94. The van der Waals surface area contributed by atoms with E-state index in [4.69, 9.17) is 5.11 Å². The van der Waals surface area contributed by atoms with Crippen molar-refractivity contribution in [1.82, 2.24) is 0 Å². The van der Waals surface area contributed by atoms with Gasteiger partial charge in [-0.25, -0.2) is 0 Å². The lowest BCUT2D eigenvalue weighted by Crippen LogP contribution is -1.79. The minimum absolute atomic E-state index is 0.305. The fourth-order valence-electron chi connectivity index (χ4n) is 1.21. The predicted octanol–water partition coefficient (Wildman–Crippen LogP) is 3.45. The smallest absolute Gasteiger partial charge is 0.0433 e. The van der Waals surface area contributed by atoms with E-state index in [1.807, 2.05) is 0 Å². The van der Waals surface area contributed by atoms with Crippen LogP contribution in [0.1, 0.15) is 46.0 Å². The topological polar surface area (TPSA) is 20.2 Å². The highest BCUT2D eigenvalue weighted by atomic mass is 16.2. The second-order valence-electron chi connectivity index (χ2n) is 3.33. The van der Waals surface area contributed by atoms with Gasteiger partial charge in [0.25, 0.3) is 0 Å². The summed E-state index contributed by atoms with van der Waals surface area (Å²) in [5, 5.41) is 8.54. The molecule has 13 heavy (non-hydrogen) atoms. The van der Waals surface area contributed by atoms with Gasteiger partial charge in [-0.05, 0) is 39.0 Å². The Morgan fingerprint density at radius 2 is 1.92 bits per heavy atom. The predicted molar refractivity (Wildman–Crippen MR) is 58.7 cm³/mol. The van der Waals surface area contributed by atoms with Gasteiger partial charge in [0.2, 0.25) is 0 Å². The first-order valence-corrected chi connectivity index (χ1v) is 5.22. The maximum Gasteiger partial charge on any atom is 0.0433 e. The molecule has 0 bridgehead atoms. The lowest BCUT2D eigenvalue weighted by Gasteiger charge is -1.96. The number of allylic oxidation sites excluding steroid dienone is 4. The first-order chi connectivity index (χ1) is 6.31. The summed E-state index contributed by atoms with van der Waals surface area (Å²) in [6, 6.07) is 0. The Morgan fingerprint density at radius 3 is 2.54 bits per heavy atom. The van der Waals surface area contributed by atoms with Gasteiger partial charge in [-0.3, -0.25) is 0 Å². The van der Waals surface area contributed by atoms with Crippen LogP contribution >= 0.6 is 0 Å². The van der Waals surface area contributed by atoms with Gasteiger partial charge in [0.15, 0.2) is 0 Å². The summed E-state index contributed by atoms with van der Waals surface area (Å²) in [4.78, 5) is 0. The average molecular weight is 182 g/mol. The van der Waals surface area contributed by atoms with Crippen LogP contribution in [0.3, 0.4) is 0 Å². The van der Waals surface area contributed by atoms with Crippen LogP contribution in [0.4, 0.5) is 0 Å².